The molecular formula is C21H27N3O2. The van der Waals surface area contributed by atoms with Crippen LogP contribution in [0.15, 0.2) is 35.0 Å². The minimum atomic E-state index is 0.0499. The van der Waals surface area contributed by atoms with Crippen LogP contribution in [0.3, 0.4) is 0 Å². The predicted molar refractivity (Wildman–Crippen MR) is 100 cm³/mol. The normalized spacial score (nSPS) is 21.8. The van der Waals surface area contributed by atoms with Gasteiger partial charge < -0.3 is 14.3 Å². The molecule has 0 radical (unpaired) electrons. The molecule has 1 aliphatic heterocycles. The van der Waals surface area contributed by atoms with E-state index in [9.17, 15) is 4.79 Å². The van der Waals surface area contributed by atoms with Crippen LogP contribution in [0.25, 0.3) is 0 Å². The van der Waals surface area contributed by atoms with Gasteiger partial charge in [-0.1, -0.05) is 29.4 Å². The summed E-state index contributed by atoms with van der Waals surface area (Å²) in [5.41, 5.74) is 3.78. The molecule has 4 rings (SSSR count). The largest absolute Gasteiger partial charge is 0.361 e. The van der Waals surface area contributed by atoms with Gasteiger partial charge in [-0.05, 0) is 63.2 Å². The molecule has 138 valence electrons. The van der Waals surface area contributed by atoms with E-state index < -0.39 is 0 Å². The highest BCUT2D eigenvalue weighted by Crippen LogP contribution is 2.49. The Hall–Kier alpha value is -2.14. The number of nitrogens with zero attached hydrogens (tertiary/aromatic N) is 3. The van der Waals surface area contributed by atoms with Gasteiger partial charge in [0.2, 0.25) is 0 Å². The third-order valence-electron chi connectivity index (χ3n) is 6.40. The van der Waals surface area contributed by atoms with Gasteiger partial charge in [-0.25, -0.2) is 0 Å². The lowest BCUT2D eigenvalue weighted by atomic mass is 9.63. The molecule has 2 aliphatic rings. The van der Waals surface area contributed by atoms with Gasteiger partial charge in [0, 0.05) is 19.1 Å². The molecule has 1 saturated heterocycles. The Labute approximate surface area is 155 Å². The molecule has 2 heterocycles. The van der Waals surface area contributed by atoms with E-state index in [0.29, 0.717) is 17.4 Å². The summed E-state index contributed by atoms with van der Waals surface area (Å²) < 4.78 is 5.06. The highest BCUT2D eigenvalue weighted by atomic mass is 16.5. The summed E-state index contributed by atoms with van der Waals surface area (Å²) in [5, 5.41) is 3.75. The van der Waals surface area contributed by atoms with Crippen molar-refractivity contribution >= 4 is 5.91 Å². The quantitative estimate of drug-likeness (QED) is 0.828. The fourth-order valence-corrected chi connectivity index (χ4v) is 4.84. The topological polar surface area (TPSA) is 49.6 Å². The van der Waals surface area contributed by atoms with Crippen molar-refractivity contribution in [2.24, 2.45) is 0 Å². The van der Waals surface area contributed by atoms with Crippen LogP contribution < -0.4 is 0 Å². The maximum absolute atomic E-state index is 12.8. The minimum Gasteiger partial charge on any atom is -0.361 e. The van der Waals surface area contributed by atoms with E-state index in [4.69, 9.17) is 4.52 Å². The summed E-state index contributed by atoms with van der Waals surface area (Å²) in [6.45, 7) is 3.39. The molecule has 1 spiro atoms. The summed E-state index contributed by atoms with van der Waals surface area (Å²) in [7, 11) is 4.34. The monoisotopic (exact) mass is 353 g/mol. The van der Waals surface area contributed by atoms with E-state index in [1.165, 1.54) is 24.0 Å². The van der Waals surface area contributed by atoms with Crippen molar-refractivity contribution < 1.29 is 9.32 Å². The van der Waals surface area contributed by atoms with Crippen LogP contribution in [0, 0.1) is 6.92 Å². The smallest absolute Gasteiger partial charge is 0.259 e. The highest BCUT2D eigenvalue weighted by Gasteiger charge is 2.43. The van der Waals surface area contributed by atoms with Crippen LogP contribution in [0.5, 0.6) is 0 Å². The molecule has 0 N–H and O–H groups in total. The number of carbonyl (C=O) groups excluding carboxylic acids is 1. The Morgan fingerprint density at radius 1 is 1.23 bits per heavy atom. The average Bonchev–Trinajstić information content (AvgIpc) is 3.08. The molecule has 1 amide bonds. The standard InChI is InChI=1S/C21H27N3O2/c1-15-17(14-22-26-15)20(25)24-12-10-21(11-13-24)9-8-19(23(2)3)16-6-4-5-7-18(16)21/h4-7,14,19H,8-13H2,1-3H3/t19-/m1/s1. The molecule has 0 bridgehead atoms. The van der Waals surface area contributed by atoms with E-state index in [0.717, 1.165) is 25.9 Å². The third-order valence-corrected chi connectivity index (χ3v) is 6.40. The van der Waals surface area contributed by atoms with Crippen LogP contribution in [0.4, 0.5) is 0 Å². The highest BCUT2D eigenvalue weighted by molar-refractivity contribution is 5.94. The molecule has 26 heavy (non-hydrogen) atoms. The number of hydrogen-bond donors (Lipinski definition) is 0. The first-order valence-corrected chi connectivity index (χ1v) is 9.48. The average molecular weight is 353 g/mol. The summed E-state index contributed by atoms with van der Waals surface area (Å²) in [6.07, 6.45) is 5.98. The number of likely N-dealkylation sites (tertiary alicyclic amines) is 1. The lowest BCUT2D eigenvalue weighted by Gasteiger charge is -2.48. The lowest BCUT2D eigenvalue weighted by molar-refractivity contribution is 0.0636. The van der Waals surface area contributed by atoms with E-state index >= 15 is 0 Å². The van der Waals surface area contributed by atoms with Crippen LogP contribution in [-0.2, 0) is 5.41 Å². The second-order valence-electron chi connectivity index (χ2n) is 7.97. The molecule has 2 aromatic rings. The molecule has 0 saturated carbocycles. The summed E-state index contributed by atoms with van der Waals surface area (Å²) in [6, 6.07) is 9.42. The summed E-state index contributed by atoms with van der Waals surface area (Å²) >= 11 is 0. The zero-order valence-electron chi connectivity index (χ0n) is 15.9. The number of aromatic nitrogens is 1. The number of piperidine rings is 1. The van der Waals surface area contributed by atoms with E-state index in [2.05, 4.69) is 48.4 Å². The number of fused-ring (bicyclic) bond motifs is 2. The van der Waals surface area contributed by atoms with Gasteiger partial charge in [0.15, 0.2) is 0 Å². The Bertz CT molecular complexity index is 803. The van der Waals surface area contributed by atoms with Gasteiger partial charge in [-0.15, -0.1) is 0 Å². The van der Waals surface area contributed by atoms with Crippen LogP contribution in [-0.4, -0.2) is 48.0 Å². The molecule has 1 aromatic heterocycles. The van der Waals surface area contributed by atoms with Crippen molar-refractivity contribution in [1.82, 2.24) is 15.0 Å². The van der Waals surface area contributed by atoms with Gasteiger partial charge in [-0.3, -0.25) is 4.79 Å². The van der Waals surface area contributed by atoms with Crippen molar-refractivity contribution in [3.8, 4) is 0 Å². The number of rotatable bonds is 2. The Kier molecular flexibility index (Phi) is 4.35. The predicted octanol–water partition coefficient (Wildman–Crippen LogP) is 3.55. The van der Waals surface area contributed by atoms with Crippen molar-refractivity contribution in [3.05, 3.63) is 52.9 Å². The van der Waals surface area contributed by atoms with Crippen LogP contribution in [0.2, 0.25) is 0 Å². The second-order valence-corrected chi connectivity index (χ2v) is 7.97. The van der Waals surface area contributed by atoms with Crippen molar-refractivity contribution in [2.75, 3.05) is 27.2 Å². The fourth-order valence-electron chi connectivity index (χ4n) is 4.84. The number of amides is 1. The number of hydrogen-bond acceptors (Lipinski definition) is 4. The SMILES string of the molecule is Cc1oncc1C(=O)N1CCC2(CC[C@@H](N(C)C)c3ccccc32)CC1. The van der Waals surface area contributed by atoms with Crippen molar-refractivity contribution in [3.63, 3.8) is 0 Å². The number of benzene rings is 1. The molecule has 0 unspecified atom stereocenters. The third kappa shape index (κ3) is 2.75. The molecular weight excluding hydrogens is 326 g/mol. The molecule has 5 nitrogen and oxygen atoms in total. The maximum atomic E-state index is 12.8. The molecule has 1 aromatic carbocycles. The Morgan fingerprint density at radius 3 is 2.62 bits per heavy atom. The van der Waals surface area contributed by atoms with Gasteiger partial charge in [0.1, 0.15) is 11.3 Å². The number of carbonyl (C=O) groups is 1. The first-order valence-electron chi connectivity index (χ1n) is 9.48. The van der Waals surface area contributed by atoms with Crippen LogP contribution >= 0.6 is 0 Å². The van der Waals surface area contributed by atoms with Crippen molar-refractivity contribution in [2.45, 2.75) is 44.1 Å². The second kappa shape index (κ2) is 6.54. The summed E-state index contributed by atoms with van der Waals surface area (Å²) in [5.74, 6) is 0.654. The van der Waals surface area contributed by atoms with Crippen LogP contribution in [0.1, 0.15) is 59.0 Å². The lowest BCUT2D eigenvalue weighted by Crippen LogP contribution is -2.47. The Morgan fingerprint density at radius 2 is 1.96 bits per heavy atom. The van der Waals surface area contributed by atoms with E-state index in [1.807, 2.05) is 4.90 Å². The number of aryl methyl sites for hydroxylation is 1. The molecule has 1 fully saturated rings. The van der Waals surface area contributed by atoms with Gasteiger partial charge in [0.05, 0.1) is 6.20 Å². The van der Waals surface area contributed by atoms with Gasteiger partial charge >= 0.3 is 0 Å². The van der Waals surface area contributed by atoms with Gasteiger partial charge in [0.25, 0.3) is 5.91 Å². The summed E-state index contributed by atoms with van der Waals surface area (Å²) in [4.78, 5) is 17.1. The molecule has 1 atom stereocenters. The first kappa shape index (κ1) is 17.3. The van der Waals surface area contributed by atoms with E-state index in [1.54, 1.807) is 13.1 Å². The van der Waals surface area contributed by atoms with Crippen molar-refractivity contribution in [1.29, 1.82) is 0 Å². The molecule has 5 heteroatoms. The van der Waals surface area contributed by atoms with E-state index in [-0.39, 0.29) is 11.3 Å². The molecule has 1 aliphatic carbocycles. The fraction of sp³-hybridized carbons (Fsp3) is 0.524. The zero-order chi connectivity index (χ0) is 18.3. The zero-order valence-corrected chi connectivity index (χ0v) is 15.9. The van der Waals surface area contributed by atoms with Gasteiger partial charge in [-0.2, -0.15) is 0 Å². The maximum Gasteiger partial charge on any atom is 0.259 e. The first-order chi connectivity index (χ1) is 12.5. The Balaban J connectivity index is 1.56. The minimum absolute atomic E-state index is 0.0499.